The number of anilines is 1. The van der Waals surface area contributed by atoms with Crippen molar-refractivity contribution in [2.45, 2.75) is 51.5 Å². The highest BCUT2D eigenvalue weighted by Crippen LogP contribution is 2.41. The molecule has 3 atom stereocenters. The number of aryl methyl sites for hydroxylation is 1. The fourth-order valence-corrected chi connectivity index (χ4v) is 4.43. The minimum absolute atomic E-state index is 0.377. The van der Waals surface area contributed by atoms with Crippen LogP contribution in [0.15, 0.2) is 0 Å². The Kier molecular flexibility index (Phi) is 3.25. The van der Waals surface area contributed by atoms with E-state index in [1.165, 1.54) is 17.7 Å². The Balaban J connectivity index is 1.87. The van der Waals surface area contributed by atoms with E-state index in [9.17, 15) is 9.90 Å². The Morgan fingerprint density at radius 2 is 2.21 bits per heavy atom. The molecule has 1 aliphatic carbocycles. The molecule has 1 aromatic heterocycles. The molecule has 19 heavy (non-hydrogen) atoms. The summed E-state index contributed by atoms with van der Waals surface area (Å²) in [4.78, 5) is 19.4. The summed E-state index contributed by atoms with van der Waals surface area (Å²) >= 11 is 1.71. The molecule has 5 heteroatoms. The number of thiazole rings is 1. The van der Waals surface area contributed by atoms with Crippen LogP contribution in [0.5, 0.6) is 0 Å². The van der Waals surface area contributed by atoms with Gasteiger partial charge in [0.25, 0.3) is 0 Å². The van der Waals surface area contributed by atoms with Gasteiger partial charge in [0, 0.05) is 17.5 Å². The van der Waals surface area contributed by atoms with Gasteiger partial charge in [-0.25, -0.2) is 4.98 Å². The largest absolute Gasteiger partial charge is 0.481 e. The average Bonchev–Trinajstić information content (AvgIpc) is 2.91. The summed E-state index contributed by atoms with van der Waals surface area (Å²) in [6.45, 7) is 5.60. The van der Waals surface area contributed by atoms with E-state index in [-0.39, 0.29) is 5.92 Å². The smallest absolute Gasteiger partial charge is 0.312 e. The quantitative estimate of drug-likeness (QED) is 0.905. The molecule has 3 rings (SSSR count). The zero-order valence-corrected chi connectivity index (χ0v) is 12.2. The van der Waals surface area contributed by atoms with Crippen LogP contribution in [-0.2, 0) is 11.2 Å². The van der Waals surface area contributed by atoms with Gasteiger partial charge in [-0.15, -0.1) is 11.3 Å². The maximum Gasteiger partial charge on any atom is 0.312 e. The molecule has 4 nitrogen and oxygen atoms in total. The molecule has 1 N–H and O–H groups in total. The highest BCUT2D eigenvalue weighted by molar-refractivity contribution is 7.15. The van der Waals surface area contributed by atoms with Crippen LogP contribution in [0.1, 0.15) is 49.6 Å². The molecule has 1 aromatic rings. The lowest BCUT2D eigenvalue weighted by Gasteiger charge is -2.37. The fourth-order valence-electron chi connectivity index (χ4n) is 3.18. The third-order valence-corrected chi connectivity index (χ3v) is 5.79. The van der Waals surface area contributed by atoms with E-state index < -0.39 is 5.97 Å². The minimum atomic E-state index is -0.726. The standard InChI is InChI=1S/C14H20N2O2S/c1-8-4-3-7-16(9(8)2)14-15-12-10(13(17)18)5-6-11(12)19-14/h8-10H,3-7H2,1-2H3,(H,17,18). The number of piperidine rings is 1. The van der Waals surface area contributed by atoms with E-state index in [4.69, 9.17) is 0 Å². The Hall–Kier alpha value is -1.10. The third kappa shape index (κ3) is 2.14. The summed E-state index contributed by atoms with van der Waals surface area (Å²) in [7, 11) is 0. The molecule has 1 aliphatic heterocycles. The van der Waals surface area contributed by atoms with Gasteiger partial charge in [0.05, 0.1) is 5.69 Å². The number of carboxylic acid groups (broad SMARTS) is 1. The number of hydrogen-bond acceptors (Lipinski definition) is 4. The molecule has 0 saturated carbocycles. The van der Waals surface area contributed by atoms with Gasteiger partial charge in [-0.3, -0.25) is 4.79 Å². The van der Waals surface area contributed by atoms with E-state index in [1.807, 2.05) is 0 Å². The predicted octanol–water partition coefficient (Wildman–Crippen LogP) is 2.88. The lowest BCUT2D eigenvalue weighted by Crippen LogP contribution is -2.42. The molecule has 1 saturated heterocycles. The van der Waals surface area contributed by atoms with Crippen molar-refractivity contribution in [3.63, 3.8) is 0 Å². The number of carbonyl (C=O) groups is 1. The van der Waals surface area contributed by atoms with Crippen molar-refractivity contribution >= 4 is 22.4 Å². The monoisotopic (exact) mass is 280 g/mol. The van der Waals surface area contributed by atoms with Gasteiger partial charge in [-0.1, -0.05) is 6.92 Å². The summed E-state index contributed by atoms with van der Waals surface area (Å²) in [6, 6.07) is 0.503. The molecular weight excluding hydrogens is 260 g/mol. The zero-order chi connectivity index (χ0) is 13.6. The van der Waals surface area contributed by atoms with Gasteiger partial charge in [-0.05, 0) is 38.5 Å². The van der Waals surface area contributed by atoms with Crippen LogP contribution < -0.4 is 4.90 Å². The maximum atomic E-state index is 11.2. The molecule has 1 fully saturated rings. The van der Waals surface area contributed by atoms with Crippen LogP contribution in [0.25, 0.3) is 0 Å². The Morgan fingerprint density at radius 1 is 1.42 bits per heavy atom. The summed E-state index contributed by atoms with van der Waals surface area (Å²) < 4.78 is 0. The topological polar surface area (TPSA) is 53.4 Å². The van der Waals surface area contributed by atoms with Gasteiger partial charge < -0.3 is 10.0 Å². The van der Waals surface area contributed by atoms with E-state index in [0.29, 0.717) is 12.0 Å². The van der Waals surface area contributed by atoms with Crippen molar-refractivity contribution < 1.29 is 9.90 Å². The lowest BCUT2D eigenvalue weighted by molar-refractivity contribution is -0.138. The van der Waals surface area contributed by atoms with Crippen molar-refractivity contribution in [1.29, 1.82) is 0 Å². The van der Waals surface area contributed by atoms with Gasteiger partial charge in [0.2, 0.25) is 0 Å². The molecule has 0 amide bonds. The first-order valence-corrected chi connectivity index (χ1v) is 7.88. The van der Waals surface area contributed by atoms with Crippen LogP contribution in [0.3, 0.4) is 0 Å². The number of fused-ring (bicyclic) bond motifs is 1. The Labute approximate surface area is 117 Å². The van der Waals surface area contributed by atoms with Crippen molar-refractivity contribution in [3.05, 3.63) is 10.6 Å². The van der Waals surface area contributed by atoms with Crippen LogP contribution in [0.2, 0.25) is 0 Å². The number of rotatable bonds is 2. The average molecular weight is 280 g/mol. The number of hydrogen-bond donors (Lipinski definition) is 1. The van der Waals surface area contributed by atoms with E-state index in [0.717, 1.165) is 30.2 Å². The van der Waals surface area contributed by atoms with Crippen molar-refractivity contribution in [1.82, 2.24) is 4.98 Å². The minimum Gasteiger partial charge on any atom is -0.481 e. The first-order valence-electron chi connectivity index (χ1n) is 7.07. The molecular formula is C14H20N2O2S. The van der Waals surface area contributed by atoms with Gasteiger partial charge in [0.1, 0.15) is 5.92 Å². The molecule has 0 bridgehead atoms. The van der Waals surface area contributed by atoms with Gasteiger partial charge in [0.15, 0.2) is 5.13 Å². The van der Waals surface area contributed by atoms with E-state index in [2.05, 4.69) is 23.7 Å². The number of aromatic nitrogens is 1. The fraction of sp³-hybridized carbons (Fsp3) is 0.714. The van der Waals surface area contributed by atoms with Crippen molar-refractivity contribution in [2.24, 2.45) is 5.92 Å². The second kappa shape index (κ2) is 4.78. The number of aliphatic carboxylic acids is 1. The second-order valence-electron chi connectivity index (χ2n) is 5.79. The summed E-state index contributed by atoms with van der Waals surface area (Å²) in [5, 5.41) is 10.3. The highest BCUT2D eigenvalue weighted by Gasteiger charge is 2.35. The van der Waals surface area contributed by atoms with Gasteiger partial charge >= 0.3 is 5.97 Å². The maximum absolute atomic E-state index is 11.2. The SMILES string of the molecule is CC1CCCN(c2nc3c(s2)CCC3C(=O)O)C1C. The summed E-state index contributed by atoms with van der Waals surface area (Å²) in [5.41, 5.74) is 0.831. The molecule has 0 spiro atoms. The molecule has 2 aliphatic rings. The normalized spacial score (nSPS) is 30.4. The van der Waals surface area contributed by atoms with Crippen LogP contribution in [0, 0.1) is 5.92 Å². The van der Waals surface area contributed by atoms with E-state index in [1.54, 1.807) is 11.3 Å². The first kappa shape index (κ1) is 12.9. The molecule has 0 aromatic carbocycles. The Bertz CT molecular complexity index is 500. The predicted molar refractivity (Wildman–Crippen MR) is 76.0 cm³/mol. The third-order valence-electron chi connectivity index (χ3n) is 4.62. The summed E-state index contributed by atoms with van der Waals surface area (Å²) in [6.07, 6.45) is 4.08. The first-order chi connectivity index (χ1) is 9.08. The molecule has 0 radical (unpaired) electrons. The lowest BCUT2D eigenvalue weighted by atomic mass is 9.92. The van der Waals surface area contributed by atoms with E-state index >= 15 is 0 Å². The van der Waals surface area contributed by atoms with Gasteiger partial charge in [-0.2, -0.15) is 0 Å². The number of carboxylic acids is 1. The van der Waals surface area contributed by atoms with Crippen LogP contribution >= 0.6 is 11.3 Å². The molecule has 104 valence electrons. The van der Waals surface area contributed by atoms with Crippen molar-refractivity contribution in [3.8, 4) is 0 Å². The van der Waals surface area contributed by atoms with Crippen LogP contribution in [-0.4, -0.2) is 28.6 Å². The Morgan fingerprint density at radius 3 is 2.95 bits per heavy atom. The molecule has 3 unspecified atom stereocenters. The highest BCUT2D eigenvalue weighted by atomic mass is 32.1. The molecule has 2 heterocycles. The summed E-state index contributed by atoms with van der Waals surface area (Å²) in [5.74, 6) is -0.420. The second-order valence-corrected chi connectivity index (χ2v) is 6.85. The van der Waals surface area contributed by atoms with Crippen molar-refractivity contribution in [2.75, 3.05) is 11.4 Å². The van der Waals surface area contributed by atoms with Crippen LogP contribution in [0.4, 0.5) is 5.13 Å². The number of nitrogens with zero attached hydrogens (tertiary/aromatic N) is 2. The zero-order valence-electron chi connectivity index (χ0n) is 11.4.